The van der Waals surface area contributed by atoms with Crippen LogP contribution in [-0.2, 0) is 0 Å². The van der Waals surface area contributed by atoms with E-state index in [-0.39, 0.29) is 0 Å². The minimum Gasteiger partial charge on any atom is -0.382 e. The van der Waals surface area contributed by atoms with Crippen molar-refractivity contribution in [3.63, 3.8) is 0 Å². The maximum Gasteiger partial charge on any atom is 0.147 e. The highest BCUT2D eigenvalue weighted by atomic mass is 32.1. The molecule has 3 rings (SSSR count). The molecule has 6 heteroatoms. The quantitative estimate of drug-likeness (QED) is 0.889. The fraction of sp³-hybridized carbons (Fsp3) is 0.467. The van der Waals surface area contributed by atoms with E-state index in [4.69, 9.17) is 5.73 Å². The second kappa shape index (κ2) is 6.41. The number of nitrogens with zero attached hydrogens (tertiary/aromatic N) is 3. The normalized spacial score (nSPS) is 19.0. The summed E-state index contributed by atoms with van der Waals surface area (Å²) in [7, 11) is 0. The molecular formula is C15H21N5S. The Morgan fingerprint density at radius 2 is 2.24 bits per heavy atom. The zero-order valence-corrected chi connectivity index (χ0v) is 13.1. The Morgan fingerprint density at radius 1 is 1.43 bits per heavy atom. The molecule has 21 heavy (non-hydrogen) atoms. The third-order valence-corrected chi connectivity index (χ3v) is 4.91. The van der Waals surface area contributed by atoms with Gasteiger partial charge in [-0.05, 0) is 55.2 Å². The van der Waals surface area contributed by atoms with Gasteiger partial charge < -0.3 is 11.1 Å². The third-order valence-electron chi connectivity index (χ3n) is 4.09. The third kappa shape index (κ3) is 3.01. The first-order valence-electron chi connectivity index (χ1n) is 7.43. The average Bonchev–Trinajstić information content (AvgIpc) is 3.12. The number of rotatable bonds is 5. The molecule has 2 aromatic heterocycles. The van der Waals surface area contributed by atoms with Crippen molar-refractivity contribution in [1.29, 1.82) is 0 Å². The SMILES string of the molecule is CCN1CCCC1CNc1snc(N)c1-c1ccncc1. The fourth-order valence-corrected chi connectivity index (χ4v) is 3.72. The molecule has 0 aliphatic carbocycles. The van der Waals surface area contributed by atoms with Gasteiger partial charge in [0.25, 0.3) is 0 Å². The minimum absolute atomic E-state index is 0.590. The minimum atomic E-state index is 0.590. The van der Waals surface area contributed by atoms with Crippen molar-refractivity contribution in [2.45, 2.75) is 25.8 Å². The number of likely N-dealkylation sites (N-methyl/N-ethyl adjacent to an activating group) is 1. The average molecular weight is 303 g/mol. The Labute approximate surface area is 129 Å². The monoisotopic (exact) mass is 303 g/mol. The molecule has 1 unspecified atom stereocenters. The van der Waals surface area contributed by atoms with Gasteiger partial charge in [0, 0.05) is 25.0 Å². The molecule has 0 bridgehead atoms. The van der Waals surface area contributed by atoms with Gasteiger partial charge in [0.15, 0.2) is 0 Å². The summed E-state index contributed by atoms with van der Waals surface area (Å²) in [5, 5.41) is 4.61. The molecule has 0 saturated carbocycles. The van der Waals surface area contributed by atoms with Crippen LogP contribution < -0.4 is 11.1 Å². The largest absolute Gasteiger partial charge is 0.382 e. The first kappa shape index (κ1) is 14.3. The second-order valence-electron chi connectivity index (χ2n) is 5.31. The highest BCUT2D eigenvalue weighted by Gasteiger charge is 2.23. The lowest BCUT2D eigenvalue weighted by Crippen LogP contribution is -2.34. The molecular weight excluding hydrogens is 282 g/mol. The lowest BCUT2D eigenvalue weighted by atomic mass is 10.1. The molecule has 1 atom stereocenters. The maximum atomic E-state index is 6.04. The van der Waals surface area contributed by atoms with E-state index in [1.807, 2.05) is 12.1 Å². The maximum absolute atomic E-state index is 6.04. The number of nitrogens with two attached hydrogens (primary N) is 1. The zero-order chi connectivity index (χ0) is 14.7. The standard InChI is InChI=1S/C15H21N5S/c1-2-20-9-3-4-12(20)10-18-15-13(14(16)19-21-15)11-5-7-17-8-6-11/h5-8,12,18H,2-4,9-10H2,1H3,(H2,16,19). The van der Waals surface area contributed by atoms with E-state index < -0.39 is 0 Å². The van der Waals surface area contributed by atoms with E-state index in [1.54, 1.807) is 12.4 Å². The molecule has 1 fully saturated rings. The van der Waals surface area contributed by atoms with Crippen LogP contribution in [0.3, 0.4) is 0 Å². The highest BCUT2D eigenvalue weighted by Crippen LogP contribution is 2.36. The van der Waals surface area contributed by atoms with E-state index in [0.717, 1.165) is 29.2 Å². The summed E-state index contributed by atoms with van der Waals surface area (Å²) in [6.07, 6.45) is 6.12. The summed E-state index contributed by atoms with van der Waals surface area (Å²) in [5.74, 6) is 0.590. The van der Waals surface area contributed by atoms with Gasteiger partial charge in [-0.15, -0.1) is 0 Å². The van der Waals surface area contributed by atoms with Gasteiger partial charge >= 0.3 is 0 Å². The molecule has 1 aliphatic heterocycles. The molecule has 0 amide bonds. The van der Waals surface area contributed by atoms with E-state index >= 15 is 0 Å². The zero-order valence-electron chi connectivity index (χ0n) is 12.2. The molecule has 0 radical (unpaired) electrons. The van der Waals surface area contributed by atoms with Crippen molar-refractivity contribution in [1.82, 2.24) is 14.3 Å². The van der Waals surface area contributed by atoms with Crippen LogP contribution in [0.15, 0.2) is 24.5 Å². The van der Waals surface area contributed by atoms with Crippen molar-refractivity contribution >= 4 is 22.4 Å². The molecule has 0 spiro atoms. The summed E-state index contributed by atoms with van der Waals surface area (Å²) in [4.78, 5) is 6.59. The second-order valence-corrected chi connectivity index (χ2v) is 6.09. The summed E-state index contributed by atoms with van der Waals surface area (Å²) < 4.78 is 4.30. The van der Waals surface area contributed by atoms with Crippen molar-refractivity contribution in [2.24, 2.45) is 0 Å². The van der Waals surface area contributed by atoms with Crippen molar-refractivity contribution < 1.29 is 0 Å². The molecule has 112 valence electrons. The molecule has 5 nitrogen and oxygen atoms in total. The molecule has 1 saturated heterocycles. The van der Waals surface area contributed by atoms with Gasteiger partial charge in [0.1, 0.15) is 10.8 Å². The Bertz CT molecular complexity index is 583. The predicted octanol–water partition coefficient (Wildman–Crippen LogP) is 2.68. The van der Waals surface area contributed by atoms with Gasteiger partial charge in [-0.1, -0.05) is 6.92 Å². The summed E-state index contributed by atoms with van der Waals surface area (Å²) in [6.45, 7) is 5.51. The molecule has 3 N–H and O–H groups in total. The van der Waals surface area contributed by atoms with Gasteiger partial charge in [-0.3, -0.25) is 9.88 Å². The molecule has 3 heterocycles. The van der Waals surface area contributed by atoms with Crippen LogP contribution in [-0.4, -0.2) is 39.9 Å². The first-order chi connectivity index (χ1) is 10.3. The lowest BCUT2D eigenvalue weighted by Gasteiger charge is -2.23. The van der Waals surface area contributed by atoms with Crippen LogP contribution in [0, 0.1) is 0 Å². The topological polar surface area (TPSA) is 67.1 Å². The van der Waals surface area contributed by atoms with Crippen LogP contribution in [0.2, 0.25) is 0 Å². The number of anilines is 2. The Kier molecular flexibility index (Phi) is 4.36. The van der Waals surface area contributed by atoms with Crippen LogP contribution in [0.4, 0.5) is 10.8 Å². The Morgan fingerprint density at radius 3 is 3.00 bits per heavy atom. The van der Waals surface area contributed by atoms with Crippen molar-refractivity contribution in [3.8, 4) is 11.1 Å². The number of nitrogen functional groups attached to an aromatic ring is 1. The van der Waals surface area contributed by atoms with Gasteiger partial charge in [-0.2, -0.15) is 4.37 Å². The molecule has 0 aromatic carbocycles. The summed E-state index contributed by atoms with van der Waals surface area (Å²) in [5.41, 5.74) is 8.11. The fourth-order valence-electron chi connectivity index (χ4n) is 2.97. The Balaban J connectivity index is 1.75. The highest BCUT2D eigenvalue weighted by molar-refractivity contribution is 7.11. The number of likely N-dealkylation sites (tertiary alicyclic amines) is 1. The number of pyridine rings is 1. The first-order valence-corrected chi connectivity index (χ1v) is 8.20. The van der Waals surface area contributed by atoms with Crippen molar-refractivity contribution in [3.05, 3.63) is 24.5 Å². The lowest BCUT2D eigenvalue weighted by molar-refractivity contribution is 0.277. The van der Waals surface area contributed by atoms with E-state index in [2.05, 4.69) is 26.5 Å². The van der Waals surface area contributed by atoms with Gasteiger partial charge in [0.2, 0.25) is 0 Å². The van der Waals surface area contributed by atoms with E-state index in [0.29, 0.717) is 11.9 Å². The van der Waals surface area contributed by atoms with E-state index in [9.17, 15) is 0 Å². The van der Waals surface area contributed by atoms with E-state index in [1.165, 1.54) is 30.9 Å². The van der Waals surface area contributed by atoms with Crippen LogP contribution in [0.5, 0.6) is 0 Å². The van der Waals surface area contributed by atoms with Crippen LogP contribution in [0.1, 0.15) is 19.8 Å². The predicted molar refractivity (Wildman–Crippen MR) is 88.5 cm³/mol. The van der Waals surface area contributed by atoms with Crippen LogP contribution >= 0.6 is 11.5 Å². The number of aromatic nitrogens is 2. The van der Waals surface area contributed by atoms with Gasteiger partial charge in [-0.25, -0.2) is 0 Å². The summed E-state index contributed by atoms with van der Waals surface area (Å²) in [6, 6.07) is 4.56. The van der Waals surface area contributed by atoms with Gasteiger partial charge in [0.05, 0.1) is 5.56 Å². The van der Waals surface area contributed by atoms with Crippen molar-refractivity contribution in [2.75, 3.05) is 30.7 Å². The molecule has 1 aliphatic rings. The number of hydrogen-bond donors (Lipinski definition) is 2. The molecule has 2 aromatic rings. The Hall–Kier alpha value is -1.66. The summed E-state index contributed by atoms with van der Waals surface area (Å²) >= 11 is 1.44. The smallest absolute Gasteiger partial charge is 0.147 e. The number of hydrogen-bond acceptors (Lipinski definition) is 6. The van der Waals surface area contributed by atoms with Crippen LogP contribution in [0.25, 0.3) is 11.1 Å². The number of nitrogens with one attached hydrogen (secondary N) is 1.